The molecule has 1 aromatic rings. The van der Waals surface area contributed by atoms with E-state index < -0.39 is 5.97 Å². The summed E-state index contributed by atoms with van der Waals surface area (Å²) in [4.78, 5) is 14.3. The lowest BCUT2D eigenvalue weighted by molar-refractivity contribution is -0.129. The molecule has 1 aromatic heterocycles. The highest BCUT2D eigenvalue weighted by Gasteiger charge is 2.06. The van der Waals surface area contributed by atoms with E-state index in [9.17, 15) is 4.79 Å². The van der Waals surface area contributed by atoms with E-state index in [0.29, 0.717) is 0 Å². The Balaban J connectivity index is 2.29. The minimum absolute atomic E-state index is 0.177. The summed E-state index contributed by atoms with van der Waals surface area (Å²) in [6, 6.07) is 5.51. The number of nitrogens with zero attached hydrogens (tertiary/aromatic N) is 1. The Morgan fingerprint density at radius 3 is 2.93 bits per heavy atom. The molecule has 0 radical (unpaired) electrons. The lowest BCUT2D eigenvalue weighted by Gasteiger charge is -1.98. The number of rotatable bonds is 5. The van der Waals surface area contributed by atoms with Crippen LogP contribution in [0.15, 0.2) is 29.4 Å². The Morgan fingerprint density at radius 2 is 2.36 bits per heavy atom. The molecule has 0 aliphatic rings. The van der Waals surface area contributed by atoms with Gasteiger partial charge >= 0.3 is 5.97 Å². The number of hydrogen-bond donors (Lipinski definition) is 2. The van der Waals surface area contributed by atoms with Gasteiger partial charge in [-0.3, -0.25) is 5.41 Å². The second-order valence-corrected chi connectivity index (χ2v) is 4.61. The van der Waals surface area contributed by atoms with Crippen molar-refractivity contribution in [3.63, 3.8) is 0 Å². The molecule has 2 N–H and O–H groups in total. The Morgan fingerprint density at radius 1 is 1.57 bits per heavy atom. The molecule has 0 aliphatic heterocycles. The third-order valence-electron chi connectivity index (χ3n) is 1.24. The summed E-state index contributed by atoms with van der Waals surface area (Å²) in [5.41, 5.74) is -0.293. The lowest BCUT2D eigenvalue weighted by atomic mass is 10.4. The van der Waals surface area contributed by atoms with Gasteiger partial charge in [-0.1, -0.05) is 16.9 Å². The fourth-order valence-electron chi connectivity index (χ4n) is 0.607. The Hall–Kier alpha value is -1.01. The van der Waals surface area contributed by atoms with Crippen molar-refractivity contribution >= 4 is 33.3 Å². The van der Waals surface area contributed by atoms with Crippen molar-refractivity contribution in [3.8, 4) is 0 Å². The van der Waals surface area contributed by atoms with Crippen molar-refractivity contribution in [1.82, 2.24) is 4.98 Å². The minimum Gasteiger partial charge on any atom is -0.477 e. The molecule has 0 fully saturated rings. The fraction of sp³-hybridized carbons (Fsp3) is 0.125. The van der Waals surface area contributed by atoms with Crippen LogP contribution < -0.4 is 0 Å². The highest BCUT2D eigenvalue weighted by molar-refractivity contribution is 8.76. The van der Waals surface area contributed by atoms with Gasteiger partial charge in [0, 0.05) is 6.20 Å². The van der Waals surface area contributed by atoms with E-state index in [1.54, 1.807) is 6.20 Å². The van der Waals surface area contributed by atoms with Gasteiger partial charge in [0.2, 0.25) is 0 Å². The van der Waals surface area contributed by atoms with E-state index in [1.807, 2.05) is 18.2 Å². The molecular weight excluding hydrogens is 220 g/mol. The SMILES string of the molecule is N=C(CSSc1ccccn1)C(=O)O. The predicted molar refractivity (Wildman–Crippen MR) is 57.9 cm³/mol. The third kappa shape index (κ3) is 3.80. The van der Waals surface area contributed by atoms with Crippen LogP contribution in [0.5, 0.6) is 0 Å². The number of carboxylic acid groups (broad SMARTS) is 1. The fourth-order valence-corrected chi connectivity index (χ4v) is 2.45. The van der Waals surface area contributed by atoms with Crippen LogP contribution in [-0.4, -0.2) is 27.5 Å². The van der Waals surface area contributed by atoms with Crippen LogP contribution in [0.25, 0.3) is 0 Å². The zero-order chi connectivity index (χ0) is 10.4. The summed E-state index contributed by atoms with van der Waals surface area (Å²) in [6.07, 6.45) is 1.67. The van der Waals surface area contributed by atoms with Gasteiger partial charge in [0.05, 0.1) is 5.75 Å². The van der Waals surface area contributed by atoms with Crippen molar-refractivity contribution in [3.05, 3.63) is 24.4 Å². The van der Waals surface area contributed by atoms with Crippen LogP contribution in [0, 0.1) is 5.41 Å². The molecule has 1 rings (SSSR count). The molecule has 0 saturated heterocycles. The maximum Gasteiger partial charge on any atom is 0.350 e. The van der Waals surface area contributed by atoms with E-state index >= 15 is 0 Å². The normalized spacial score (nSPS) is 9.71. The molecule has 1 heterocycles. The summed E-state index contributed by atoms with van der Waals surface area (Å²) in [5.74, 6) is -0.990. The summed E-state index contributed by atoms with van der Waals surface area (Å²) in [6.45, 7) is 0. The van der Waals surface area contributed by atoms with E-state index in [1.165, 1.54) is 21.6 Å². The molecule has 0 aromatic carbocycles. The van der Waals surface area contributed by atoms with E-state index in [-0.39, 0.29) is 11.5 Å². The maximum atomic E-state index is 10.3. The van der Waals surface area contributed by atoms with Crippen LogP contribution in [-0.2, 0) is 4.79 Å². The van der Waals surface area contributed by atoms with E-state index in [4.69, 9.17) is 10.5 Å². The van der Waals surface area contributed by atoms with Gasteiger partial charge in [-0.15, -0.1) is 0 Å². The van der Waals surface area contributed by atoms with Crippen molar-refractivity contribution in [2.75, 3.05) is 5.75 Å². The zero-order valence-electron chi connectivity index (χ0n) is 7.14. The van der Waals surface area contributed by atoms with Crippen LogP contribution >= 0.6 is 21.6 Å². The minimum atomic E-state index is -1.17. The standard InChI is InChI=1S/C8H8N2O2S2/c9-6(8(11)12)5-13-14-7-3-1-2-4-10-7/h1-4,9H,5H2,(H,11,12). The summed E-state index contributed by atoms with van der Waals surface area (Å²) >= 11 is 0. The Kier molecular flexibility index (Phi) is 4.48. The third-order valence-corrected chi connectivity index (χ3v) is 3.40. The molecule has 0 saturated carbocycles. The quantitative estimate of drug-likeness (QED) is 0.595. The van der Waals surface area contributed by atoms with Gasteiger partial charge in [0.1, 0.15) is 10.7 Å². The summed E-state index contributed by atoms with van der Waals surface area (Å²) in [5, 5.41) is 16.3. The number of pyridine rings is 1. The number of nitrogens with one attached hydrogen (secondary N) is 1. The maximum absolute atomic E-state index is 10.3. The van der Waals surface area contributed by atoms with Gasteiger partial charge in [-0.05, 0) is 22.9 Å². The molecule has 4 nitrogen and oxygen atoms in total. The highest BCUT2D eigenvalue weighted by atomic mass is 33.1. The molecule has 0 spiro atoms. The zero-order valence-corrected chi connectivity index (χ0v) is 8.77. The predicted octanol–water partition coefficient (Wildman–Crippen LogP) is 1.93. The lowest BCUT2D eigenvalue weighted by Crippen LogP contribution is -2.13. The summed E-state index contributed by atoms with van der Waals surface area (Å²) < 4.78 is 0. The number of aromatic nitrogens is 1. The first-order chi connectivity index (χ1) is 6.70. The highest BCUT2D eigenvalue weighted by Crippen LogP contribution is 2.28. The van der Waals surface area contributed by atoms with Crippen LogP contribution in [0.3, 0.4) is 0 Å². The van der Waals surface area contributed by atoms with Crippen molar-refractivity contribution in [2.24, 2.45) is 0 Å². The average Bonchev–Trinajstić information content (AvgIpc) is 2.19. The molecule has 0 unspecified atom stereocenters. The van der Waals surface area contributed by atoms with E-state index in [2.05, 4.69) is 4.98 Å². The molecule has 0 atom stereocenters. The average molecular weight is 228 g/mol. The summed E-state index contributed by atoms with van der Waals surface area (Å²) in [7, 11) is 2.66. The monoisotopic (exact) mass is 228 g/mol. The van der Waals surface area contributed by atoms with Crippen molar-refractivity contribution < 1.29 is 9.90 Å². The molecule has 6 heteroatoms. The molecule has 0 amide bonds. The van der Waals surface area contributed by atoms with Crippen LogP contribution in [0.2, 0.25) is 0 Å². The molecule has 74 valence electrons. The van der Waals surface area contributed by atoms with Crippen LogP contribution in [0.1, 0.15) is 0 Å². The number of hydrogen-bond acceptors (Lipinski definition) is 5. The molecule has 0 bridgehead atoms. The molecular formula is C8H8N2O2S2. The molecule has 0 aliphatic carbocycles. The first-order valence-electron chi connectivity index (χ1n) is 3.71. The Bertz CT molecular complexity index is 329. The van der Waals surface area contributed by atoms with E-state index in [0.717, 1.165) is 5.03 Å². The van der Waals surface area contributed by atoms with Crippen molar-refractivity contribution in [2.45, 2.75) is 5.03 Å². The first-order valence-corrected chi connectivity index (χ1v) is 6.03. The molecule has 14 heavy (non-hydrogen) atoms. The number of carbonyl (C=O) groups is 1. The van der Waals surface area contributed by atoms with Crippen LogP contribution in [0.4, 0.5) is 0 Å². The van der Waals surface area contributed by atoms with Gasteiger partial charge in [-0.25, -0.2) is 9.78 Å². The smallest absolute Gasteiger partial charge is 0.350 e. The van der Waals surface area contributed by atoms with Gasteiger partial charge in [-0.2, -0.15) is 0 Å². The number of aliphatic carboxylic acids is 1. The second kappa shape index (κ2) is 5.66. The Labute approximate surface area is 89.0 Å². The topological polar surface area (TPSA) is 74.0 Å². The second-order valence-electron chi connectivity index (χ2n) is 2.30. The van der Waals surface area contributed by atoms with Gasteiger partial charge < -0.3 is 5.11 Å². The number of carboxylic acids is 1. The van der Waals surface area contributed by atoms with Gasteiger partial charge in [0.25, 0.3) is 0 Å². The van der Waals surface area contributed by atoms with Gasteiger partial charge in [0.15, 0.2) is 0 Å². The largest absolute Gasteiger partial charge is 0.477 e. The van der Waals surface area contributed by atoms with Crippen molar-refractivity contribution in [1.29, 1.82) is 5.41 Å². The first kappa shape index (κ1) is 11.1.